The van der Waals surface area contributed by atoms with E-state index in [0.717, 1.165) is 68.7 Å². The molecule has 1 aromatic carbocycles. The molecule has 7 atom stereocenters. The van der Waals surface area contributed by atoms with Crippen LogP contribution in [0.4, 0.5) is 0 Å². The van der Waals surface area contributed by atoms with Gasteiger partial charge in [0.2, 0.25) is 27.7 Å². The van der Waals surface area contributed by atoms with Gasteiger partial charge in [0.1, 0.15) is 18.0 Å². The smallest absolute Gasteiger partial charge is 0.306 e. The van der Waals surface area contributed by atoms with Crippen molar-refractivity contribution in [1.29, 1.82) is 0 Å². The van der Waals surface area contributed by atoms with Gasteiger partial charge in [0.05, 0.1) is 53.3 Å². The van der Waals surface area contributed by atoms with Gasteiger partial charge in [-0.2, -0.15) is 0 Å². The molecule has 1 aromatic heterocycles. The predicted octanol–water partition coefficient (Wildman–Crippen LogP) is 5.87. The lowest BCUT2D eigenvalue weighted by Gasteiger charge is -2.31. The number of para-hydroxylation sites is 1. The van der Waals surface area contributed by atoms with Crippen molar-refractivity contribution in [2.45, 2.75) is 133 Å². The number of benzene rings is 1. The lowest BCUT2D eigenvalue weighted by Crippen LogP contribution is -2.47. The van der Waals surface area contributed by atoms with Gasteiger partial charge >= 0.3 is 5.97 Å². The topological polar surface area (TPSA) is 184 Å². The third-order valence-corrected chi connectivity index (χ3v) is 15.8. The van der Waals surface area contributed by atoms with E-state index in [0.29, 0.717) is 56.0 Å². The number of hydrogen-bond acceptors (Lipinski definition) is 11. The number of ketones is 1. The first-order valence-electron chi connectivity index (χ1n) is 22.3. The number of amides is 2. The second-order valence-corrected chi connectivity index (χ2v) is 20.0. The van der Waals surface area contributed by atoms with Crippen molar-refractivity contribution in [2.24, 2.45) is 34.8 Å². The van der Waals surface area contributed by atoms with Crippen LogP contribution in [0.25, 0.3) is 10.9 Å². The van der Waals surface area contributed by atoms with E-state index in [9.17, 15) is 22.8 Å². The Labute approximate surface area is 353 Å². The number of pyridine rings is 1. The zero-order chi connectivity index (χ0) is 42.0. The minimum Gasteiger partial charge on any atom is -0.492 e. The molecule has 2 aromatic rings. The second-order valence-electron chi connectivity index (χ2n) is 18.1. The number of nitrogens with two attached hydrogens (primary N) is 1. The molecule has 60 heavy (non-hydrogen) atoms. The zero-order valence-electron chi connectivity index (χ0n) is 34.6. The Balaban J connectivity index is 1.16. The monoisotopic (exact) mass is 844 g/mol. The molecule has 14 heteroatoms. The average molecular weight is 845 g/mol. The molecule has 6 aliphatic rings. The van der Waals surface area contributed by atoms with E-state index in [4.69, 9.17) is 24.9 Å². The van der Waals surface area contributed by atoms with Crippen LogP contribution < -0.4 is 19.9 Å². The fourth-order valence-corrected chi connectivity index (χ4v) is 11.7. The van der Waals surface area contributed by atoms with Crippen molar-refractivity contribution in [3.05, 3.63) is 54.6 Å². The summed E-state index contributed by atoms with van der Waals surface area (Å²) < 4.78 is 47.5. The van der Waals surface area contributed by atoms with Crippen molar-refractivity contribution < 1.29 is 41.8 Å². The first-order valence-corrected chi connectivity index (χ1v) is 23.8. The third-order valence-electron chi connectivity index (χ3n) is 14.0. The highest BCUT2D eigenvalue weighted by atomic mass is 32.2. The average Bonchev–Trinajstić information content (AvgIpc) is 4.02. The highest BCUT2D eigenvalue weighted by molar-refractivity contribution is 7.90. The number of aromatic nitrogens is 1. The number of nitrogens with one attached hydrogen (secondary N) is 1. The lowest BCUT2D eigenvalue weighted by atomic mass is 9.86. The summed E-state index contributed by atoms with van der Waals surface area (Å²) in [7, 11) is -3.86. The van der Waals surface area contributed by atoms with Gasteiger partial charge in [-0.05, 0) is 113 Å². The van der Waals surface area contributed by atoms with E-state index in [-0.39, 0.29) is 67.8 Å². The quantitative estimate of drug-likeness (QED) is 0.148. The highest BCUT2D eigenvalue weighted by Crippen LogP contribution is 2.57. The first kappa shape index (κ1) is 42.4. The van der Waals surface area contributed by atoms with E-state index in [1.54, 1.807) is 11.0 Å². The SMILES string of the molecule is C=C[C@@H]1C[C@]1(CC(=O)[C@@H]1C[C@@H]2CN1C(=O)[C@H](C1CCCC1)CC(=O)O[C@@H]1CCC[C@H]1CC/C=C/Cc1c(nc3ccccc3c1OCCCN)O2)C(=O)NS(=O)(=O)C1CC1. The van der Waals surface area contributed by atoms with Crippen LogP contribution in [0.3, 0.4) is 0 Å². The Morgan fingerprint density at radius 2 is 1.80 bits per heavy atom. The van der Waals surface area contributed by atoms with Crippen LogP contribution in [0.5, 0.6) is 11.6 Å². The number of fused-ring (bicyclic) bond motifs is 5. The van der Waals surface area contributed by atoms with Gasteiger partial charge in [0, 0.05) is 18.2 Å². The number of allylic oxidation sites excluding steroid dienone is 3. The summed E-state index contributed by atoms with van der Waals surface area (Å²) in [5.41, 5.74) is 6.00. The molecular weight excluding hydrogens is 785 g/mol. The number of sulfonamides is 1. The van der Waals surface area contributed by atoms with Gasteiger partial charge in [-0.15, -0.1) is 6.58 Å². The van der Waals surface area contributed by atoms with Gasteiger partial charge in [0.15, 0.2) is 5.78 Å². The van der Waals surface area contributed by atoms with Crippen LogP contribution in [0.2, 0.25) is 0 Å². The molecule has 2 bridgehead atoms. The van der Waals surface area contributed by atoms with Crippen molar-refractivity contribution in [3.8, 4) is 11.6 Å². The van der Waals surface area contributed by atoms with Crippen LogP contribution in [0.15, 0.2) is 49.1 Å². The highest BCUT2D eigenvalue weighted by Gasteiger charge is 2.61. The summed E-state index contributed by atoms with van der Waals surface area (Å²) in [4.78, 5) is 64.0. The van der Waals surface area contributed by atoms with Crippen molar-refractivity contribution in [1.82, 2.24) is 14.6 Å². The molecule has 2 amide bonds. The van der Waals surface area contributed by atoms with Crippen LogP contribution in [0, 0.1) is 29.1 Å². The molecule has 2 aliphatic heterocycles. The van der Waals surface area contributed by atoms with Gasteiger partial charge in [0.25, 0.3) is 0 Å². The van der Waals surface area contributed by atoms with Gasteiger partial charge in [-0.25, -0.2) is 13.4 Å². The predicted molar refractivity (Wildman–Crippen MR) is 225 cm³/mol. The molecular formula is C46H60N4O9S. The number of esters is 1. The molecule has 324 valence electrons. The Kier molecular flexibility index (Phi) is 12.7. The number of hydrogen-bond donors (Lipinski definition) is 2. The van der Waals surface area contributed by atoms with Gasteiger partial charge in [-0.1, -0.05) is 43.2 Å². The van der Waals surface area contributed by atoms with Crippen LogP contribution in [0.1, 0.15) is 108 Å². The number of rotatable bonds is 12. The standard InChI is InChI=1S/C46H60N4O9S/c1-2-31-26-46(31,45(54)49-60(55,56)33-20-21-33)27-39(51)38-24-32-28-50(38)44(53)36(29-12-6-7-13-29)25-41(52)59-40-19-10-15-30(40)14-4-3-5-17-35-42(57-23-11-22-47)34-16-8-9-18-37(34)48-43(35)58-32/h2-3,5,8-9,16,18,29-33,36,38,40H,1,4,6-7,10-15,17,19-28,47H2,(H,49,54)/b5-3+/t30-,31-,32-,36+,38+,40-,46-/m1/s1. The lowest BCUT2D eigenvalue weighted by molar-refractivity contribution is -0.156. The second kappa shape index (κ2) is 18.0. The van der Waals surface area contributed by atoms with Crippen LogP contribution in [-0.2, 0) is 40.4 Å². The van der Waals surface area contributed by atoms with Crippen molar-refractivity contribution in [3.63, 3.8) is 0 Å². The molecule has 3 N–H and O–H groups in total. The van der Waals surface area contributed by atoms with Crippen molar-refractivity contribution >= 4 is 44.5 Å². The molecule has 1 saturated heterocycles. The molecule has 13 nitrogen and oxygen atoms in total. The summed E-state index contributed by atoms with van der Waals surface area (Å²) in [6, 6.07) is 6.73. The fraction of sp³-hybridized carbons (Fsp3) is 0.630. The normalized spacial score (nSPS) is 30.6. The maximum atomic E-state index is 15.1. The van der Waals surface area contributed by atoms with Crippen molar-refractivity contribution in [2.75, 3.05) is 19.7 Å². The summed E-state index contributed by atoms with van der Waals surface area (Å²) in [5, 5.41) is 0.232. The summed E-state index contributed by atoms with van der Waals surface area (Å²) >= 11 is 0. The largest absolute Gasteiger partial charge is 0.492 e. The zero-order valence-corrected chi connectivity index (χ0v) is 35.4. The Morgan fingerprint density at radius 1 is 1.02 bits per heavy atom. The Hall–Kier alpha value is -4.30. The summed E-state index contributed by atoms with van der Waals surface area (Å²) in [5.74, 6) is -1.62. The molecule has 0 unspecified atom stereocenters. The summed E-state index contributed by atoms with van der Waals surface area (Å²) in [6.45, 7) is 4.80. The first-order chi connectivity index (χ1) is 29.0. The molecule has 3 heterocycles. The number of carbonyl (C=O) groups is 4. The van der Waals surface area contributed by atoms with E-state index in [2.05, 4.69) is 23.5 Å². The molecule has 4 saturated carbocycles. The molecule has 5 fully saturated rings. The number of ether oxygens (including phenoxy) is 3. The Bertz CT molecular complexity index is 2110. The molecule has 0 radical (unpaired) electrons. The third kappa shape index (κ3) is 9.00. The number of Topliss-reactive ketones (excluding diaryl/α,β-unsaturated/α-hetero) is 1. The summed E-state index contributed by atoms with van der Waals surface area (Å²) in [6.07, 6.45) is 15.0. The maximum Gasteiger partial charge on any atom is 0.306 e. The molecule has 0 spiro atoms. The molecule has 4 aliphatic carbocycles. The van der Waals surface area contributed by atoms with Crippen LogP contribution >= 0.6 is 0 Å². The Morgan fingerprint density at radius 3 is 2.55 bits per heavy atom. The minimum atomic E-state index is -3.86. The number of carbonyl (C=O) groups excluding carboxylic acids is 4. The van der Waals surface area contributed by atoms with E-state index in [1.807, 2.05) is 24.3 Å². The molecule has 8 rings (SSSR count). The van der Waals surface area contributed by atoms with Crippen LogP contribution in [-0.4, -0.2) is 85.1 Å². The van der Waals surface area contributed by atoms with E-state index >= 15 is 4.79 Å². The van der Waals surface area contributed by atoms with Gasteiger partial charge < -0.3 is 24.8 Å². The minimum absolute atomic E-state index is 0.0452. The van der Waals surface area contributed by atoms with E-state index < -0.39 is 50.6 Å². The maximum absolute atomic E-state index is 15.1. The fourth-order valence-electron chi connectivity index (χ4n) is 10.3. The van der Waals surface area contributed by atoms with Gasteiger partial charge in [-0.3, -0.25) is 23.9 Å². The number of nitrogens with zero attached hydrogens (tertiary/aromatic N) is 2. The van der Waals surface area contributed by atoms with E-state index in [1.165, 1.54) is 0 Å².